The second kappa shape index (κ2) is 6.84. The first-order valence-electron chi connectivity index (χ1n) is 7.25. The van der Waals surface area contributed by atoms with E-state index >= 15 is 0 Å². The Hall–Kier alpha value is -2.33. The van der Waals surface area contributed by atoms with E-state index in [1.807, 2.05) is 60.7 Å². The number of carboxylic acid groups (broad SMARTS) is 1. The van der Waals surface area contributed by atoms with Crippen LogP contribution in [0.15, 0.2) is 71.2 Å². The molecule has 0 saturated carbocycles. The highest BCUT2D eigenvalue weighted by Gasteiger charge is 2.21. The van der Waals surface area contributed by atoms with Crippen LogP contribution in [0.2, 0.25) is 0 Å². The molecule has 0 unspecified atom stereocenters. The number of aliphatic carboxylic acids is 1. The van der Waals surface area contributed by atoms with E-state index in [0.717, 1.165) is 20.8 Å². The summed E-state index contributed by atoms with van der Waals surface area (Å²) in [6.07, 6.45) is -0.617. The molecule has 4 heteroatoms. The van der Waals surface area contributed by atoms with Gasteiger partial charge in [-0.3, -0.25) is 0 Å². The standard InChI is InChI=1S/C19H15BrO3/c20-15-10-8-13(9-11-15)12-18(19(21)22)23-17-7-3-5-14-4-1-2-6-16(14)17/h1-11,18H,12H2,(H,21,22)/t18-/m0/s1. The van der Waals surface area contributed by atoms with Crippen molar-refractivity contribution < 1.29 is 14.6 Å². The molecule has 0 heterocycles. The average Bonchev–Trinajstić information content (AvgIpc) is 2.56. The monoisotopic (exact) mass is 370 g/mol. The third kappa shape index (κ3) is 3.71. The second-order valence-electron chi connectivity index (χ2n) is 5.25. The normalized spacial score (nSPS) is 12.0. The number of fused-ring (bicyclic) bond motifs is 1. The fourth-order valence-corrected chi connectivity index (χ4v) is 2.73. The minimum atomic E-state index is -0.971. The first-order chi connectivity index (χ1) is 11.1. The van der Waals surface area contributed by atoms with E-state index in [1.54, 1.807) is 6.07 Å². The molecule has 0 radical (unpaired) electrons. The van der Waals surface area contributed by atoms with Crippen molar-refractivity contribution in [1.82, 2.24) is 0 Å². The summed E-state index contributed by atoms with van der Waals surface area (Å²) in [6.45, 7) is 0. The first-order valence-corrected chi connectivity index (χ1v) is 8.04. The second-order valence-corrected chi connectivity index (χ2v) is 6.17. The molecule has 3 aromatic rings. The van der Waals surface area contributed by atoms with Gasteiger partial charge in [0.25, 0.3) is 0 Å². The van der Waals surface area contributed by atoms with Gasteiger partial charge in [0.2, 0.25) is 0 Å². The van der Waals surface area contributed by atoms with Gasteiger partial charge in [-0.15, -0.1) is 0 Å². The lowest BCUT2D eigenvalue weighted by Crippen LogP contribution is -2.29. The molecule has 1 atom stereocenters. The van der Waals surface area contributed by atoms with Crippen LogP contribution in [0.5, 0.6) is 5.75 Å². The fourth-order valence-electron chi connectivity index (χ4n) is 2.47. The molecule has 0 aliphatic rings. The van der Waals surface area contributed by atoms with Gasteiger partial charge in [0.15, 0.2) is 6.10 Å². The molecule has 0 fully saturated rings. The van der Waals surface area contributed by atoms with Crippen molar-refractivity contribution in [3.63, 3.8) is 0 Å². The zero-order valence-corrected chi connectivity index (χ0v) is 13.9. The average molecular weight is 371 g/mol. The number of hydrogen-bond donors (Lipinski definition) is 1. The van der Waals surface area contributed by atoms with Gasteiger partial charge >= 0.3 is 5.97 Å². The number of carbonyl (C=O) groups is 1. The highest BCUT2D eigenvalue weighted by molar-refractivity contribution is 9.10. The van der Waals surface area contributed by atoms with Gasteiger partial charge in [0.05, 0.1) is 0 Å². The van der Waals surface area contributed by atoms with Crippen LogP contribution in [0.1, 0.15) is 5.56 Å². The topological polar surface area (TPSA) is 46.5 Å². The van der Waals surface area contributed by atoms with Gasteiger partial charge in [-0.05, 0) is 29.1 Å². The van der Waals surface area contributed by atoms with Crippen LogP contribution in [0.3, 0.4) is 0 Å². The molecule has 1 N–H and O–H groups in total. The summed E-state index contributed by atoms with van der Waals surface area (Å²) in [7, 11) is 0. The number of halogens is 1. The van der Waals surface area contributed by atoms with Crippen LogP contribution in [0.4, 0.5) is 0 Å². The van der Waals surface area contributed by atoms with Crippen LogP contribution >= 0.6 is 15.9 Å². The Kier molecular flexibility index (Phi) is 4.63. The Bertz CT molecular complexity index is 822. The molecule has 3 rings (SSSR count). The van der Waals surface area contributed by atoms with Crippen LogP contribution in [-0.2, 0) is 11.2 Å². The number of rotatable bonds is 5. The molecular formula is C19H15BrO3. The summed E-state index contributed by atoms with van der Waals surface area (Å²) >= 11 is 3.37. The number of benzene rings is 3. The van der Waals surface area contributed by atoms with E-state index in [2.05, 4.69) is 15.9 Å². The zero-order valence-electron chi connectivity index (χ0n) is 12.3. The highest BCUT2D eigenvalue weighted by Crippen LogP contribution is 2.26. The van der Waals surface area contributed by atoms with E-state index in [0.29, 0.717) is 12.2 Å². The Morgan fingerprint density at radius 2 is 1.70 bits per heavy atom. The van der Waals surface area contributed by atoms with Gasteiger partial charge in [0, 0.05) is 16.3 Å². The van der Waals surface area contributed by atoms with Crippen LogP contribution in [0.25, 0.3) is 10.8 Å². The van der Waals surface area contributed by atoms with Crippen molar-refractivity contribution in [2.45, 2.75) is 12.5 Å². The SMILES string of the molecule is O=C(O)[C@H](Cc1ccc(Br)cc1)Oc1cccc2ccccc12. The molecule has 23 heavy (non-hydrogen) atoms. The summed E-state index contributed by atoms with van der Waals surface area (Å²) in [4.78, 5) is 11.6. The van der Waals surface area contributed by atoms with E-state index < -0.39 is 12.1 Å². The molecule has 0 amide bonds. The Morgan fingerprint density at radius 1 is 1.00 bits per heavy atom. The quantitative estimate of drug-likeness (QED) is 0.709. The molecule has 0 aromatic heterocycles. The molecule has 3 nitrogen and oxygen atoms in total. The van der Waals surface area contributed by atoms with Gasteiger partial charge < -0.3 is 9.84 Å². The summed E-state index contributed by atoms with van der Waals surface area (Å²) in [6, 6.07) is 21.0. The molecule has 0 aliphatic carbocycles. The smallest absolute Gasteiger partial charge is 0.345 e. The van der Waals surface area contributed by atoms with Gasteiger partial charge in [-0.1, -0.05) is 64.5 Å². The lowest BCUT2D eigenvalue weighted by atomic mass is 10.1. The summed E-state index contributed by atoms with van der Waals surface area (Å²) < 4.78 is 6.77. The number of hydrogen-bond acceptors (Lipinski definition) is 2. The van der Waals surface area contributed by atoms with Gasteiger partial charge in [-0.2, -0.15) is 0 Å². The lowest BCUT2D eigenvalue weighted by molar-refractivity contribution is -0.144. The molecule has 0 aliphatic heterocycles. The maximum absolute atomic E-state index is 11.6. The van der Waals surface area contributed by atoms with Gasteiger partial charge in [-0.25, -0.2) is 4.79 Å². The number of ether oxygens (including phenoxy) is 1. The Labute approximate surface area is 142 Å². The molecular weight excluding hydrogens is 356 g/mol. The molecule has 3 aromatic carbocycles. The van der Waals surface area contributed by atoms with Crippen molar-refractivity contribution in [2.24, 2.45) is 0 Å². The zero-order chi connectivity index (χ0) is 16.2. The summed E-state index contributed by atoms with van der Waals surface area (Å²) in [5.74, 6) is -0.381. The van der Waals surface area contributed by atoms with Crippen molar-refractivity contribution in [3.8, 4) is 5.75 Å². The van der Waals surface area contributed by atoms with Crippen molar-refractivity contribution >= 4 is 32.7 Å². The molecule has 0 spiro atoms. The third-order valence-electron chi connectivity index (χ3n) is 3.63. The highest BCUT2D eigenvalue weighted by atomic mass is 79.9. The summed E-state index contributed by atoms with van der Waals surface area (Å²) in [5, 5.41) is 11.4. The van der Waals surface area contributed by atoms with E-state index in [-0.39, 0.29) is 0 Å². The first kappa shape index (κ1) is 15.6. The Balaban J connectivity index is 1.87. The van der Waals surface area contributed by atoms with E-state index in [9.17, 15) is 9.90 Å². The van der Waals surface area contributed by atoms with Crippen LogP contribution in [-0.4, -0.2) is 17.2 Å². The van der Waals surface area contributed by atoms with Crippen LogP contribution in [0, 0.1) is 0 Å². The maximum Gasteiger partial charge on any atom is 0.345 e. The van der Waals surface area contributed by atoms with Gasteiger partial charge in [0.1, 0.15) is 5.75 Å². The molecule has 0 bridgehead atoms. The lowest BCUT2D eigenvalue weighted by Gasteiger charge is -2.17. The van der Waals surface area contributed by atoms with E-state index in [4.69, 9.17) is 4.74 Å². The van der Waals surface area contributed by atoms with Crippen molar-refractivity contribution in [2.75, 3.05) is 0 Å². The Morgan fingerprint density at radius 3 is 2.43 bits per heavy atom. The number of carboxylic acids is 1. The van der Waals surface area contributed by atoms with Crippen molar-refractivity contribution in [1.29, 1.82) is 0 Å². The van der Waals surface area contributed by atoms with Crippen LogP contribution < -0.4 is 4.74 Å². The summed E-state index contributed by atoms with van der Waals surface area (Å²) in [5.41, 5.74) is 0.917. The fraction of sp³-hybridized carbons (Fsp3) is 0.105. The van der Waals surface area contributed by atoms with E-state index in [1.165, 1.54) is 0 Å². The van der Waals surface area contributed by atoms with Crippen molar-refractivity contribution in [3.05, 3.63) is 76.8 Å². The minimum Gasteiger partial charge on any atom is -0.478 e. The molecule has 116 valence electrons. The molecule has 0 saturated heterocycles. The third-order valence-corrected chi connectivity index (χ3v) is 4.16. The predicted octanol–water partition coefficient (Wildman–Crippen LogP) is 4.68. The largest absolute Gasteiger partial charge is 0.478 e. The maximum atomic E-state index is 11.6. The predicted molar refractivity (Wildman–Crippen MR) is 93.8 cm³/mol. The minimum absolute atomic E-state index is 0.311.